The van der Waals surface area contributed by atoms with Crippen LogP contribution < -0.4 is 5.32 Å². The van der Waals surface area contributed by atoms with Gasteiger partial charge in [0, 0.05) is 31.9 Å². The predicted octanol–water partition coefficient (Wildman–Crippen LogP) is 4.91. The largest absolute Gasteiger partial charge is 0.322 e. The average Bonchev–Trinajstić information content (AvgIpc) is 3.15. The van der Waals surface area contributed by atoms with Crippen molar-refractivity contribution in [3.63, 3.8) is 0 Å². The fourth-order valence-corrected chi connectivity index (χ4v) is 3.92. The van der Waals surface area contributed by atoms with E-state index < -0.39 is 0 Å². The van der Waals surface area contributed by atoms with E-state index in [2.05, 4.69) is 36.3 Å². The summed E-state index contributed by atoms with van der Waals surface area (Å²) in [5.41, 5.74) is 3.35. The number of hydrogen-bond acceptors (Lipinski definition) is 5. The fourth-order valence-electron chi connectivity index (χ4n) is 2.64. The highest BCUT2D eigenvalue weighted by atomic mass is 79.9. The molecule has 28 heavy (non-hydrogen) atoms. The number of carbonyl (C=O) groups is 1. The van der Waals surface area contributed by atoms with Crippen LogP contribution in [0.15, 0.2) is 69.3 Å². The lowest BCUT2D eigenvalue weighted by Gasteiger charge is -2.10. The van der Waals surface area contributed by atoms with Crippen LogP contribution in [0, 0.1) is 13.8 Å². The topological polar surface area (TPSA) is 72.2 Å². The third-order valence-corrected chi connectivity index (χ3v) is 6.00. The molecule has 1 amide bonds. The minimum atomic E-state index is -0.141. The molecule has 0 unspecified atom stereocenters. The fraction of sp³-hybridized carbons (Fsp3) is 0.100. The Morgan fingerprint density at radius 3 is 2.50 bits per heavy atom. The summed E-state index contributed by atoms with van der Waals surface area (Å²) in [7, 11) is 0. The highest BCUT2D eigenvalue weighted by Crippen LogP contribution is 2.31. The van der Waals surface area contributed by atoms with E-state index in [9.17, 15) is 4.79 Å². The second-order valence-corrected chi connectivity index (χ2v) is 8.16. The monoisotopic (exact) mass is 453 g/mol. The summed E-state index contributed by atoms with van der Waals surface area (Å²) in [6, 6.07) is 15.0. The van der Waals surface area contributed by atoms with Gasteiger partial charge in [0.15, 0.2) is 0 Å². The van der Waals surface area contributed by atoms with Crippen molar-refractivity contribution in [1.29, 1.82) is 0 Å². The van der Waals surface area contributed by atoms with Crippen LogP contribution in [0.2, 0.25) is 0 Å². The molecular formula is C20H16BrN5OS. The molecule has 0 bridgehead atoms. The average molecular weight is 454 g/mol. The summed E-state index contributed by atoms with van der Waals surface area (Å²) in [6.45, 7) is 3.99. The first-order valence-corrected chi connectivity index (χ1v) is 10.1. The number of benzene rings is 2. The minimum absolute atomic E-state index is 0.141. The Balaban J connectivity index is 1.53. The summed E-state index contributed by atoms with van der Waals surface area (Å²) >= 11 is 4.96. The standard InChI is InChI=1S/C20H16BrN5OS/c1-12-13(2)24-20-22-11-23-26(20)19(12)28-17-9-7-16(8-10-17)25-18(27)14-3-5-15(21)6-4-14/h3-11H,1-2H3,(H,25,27). The molecule has 0 spiro atoms. The highest BCUT2D eigenvalue weighted by molar-refractivity contribution is 9.10. The number of rotatable bonds is 4. The molecule has 0 aliphatic heterocycles. The Morgan fingerprint density at radius 1 is 1.07 bits per heavy atom. The highest BCUT2D eigenvalue weighted by Gasteiger charge is 2.13. The van der Waals surface area contributed by atoms with Gasteiger partial charge >= 0.3 is 0 Å². The molecule has 1 N–H and O–H groups in total. The molecule has 0 saturated heterocycles. The van der Waals surface area contributed by atoms with Crippen LogP contribution in [0.4, 0.5) is 5.69 Å². The first kappa shape index (κ1) is 18.6. The zero-order valence-electron chi connectivity index (χ0n) is 15.2. The molecule has 0 radical (unpaired) electrons. The smallest absolute Gasteiger partial charge is 0.255 e. The third-order valence-electron chi connectivity index (χ3n) is 4.29. The SMILES string of the molecule is Cc1nc2ncnn2c(Sc2ccc(NC(=O)c3ccc(Br)cc3)cc2)c1C. The van der Waals surface area contributed by atoms with E-state index in [4.69, 9.17) is 0 Å². The molecule has 2 aromatic heterocycles. The van der Waals surface area contributed by atoms with Crippen molar-refractivity contribution in [3.8, 4) is 0 Å². The van der Waals surface area contributed by atoms with Crippen molar-refractivity contribution in [3.05, 3.63) is 76.2 Å². The molecular weight excluding hydrogens is 438 g/mol. The minimum Gasteiger partial charge on any atom is -0.322 e. The van der Waals surface area contributed by atoms with Crippen LogP contribution >= 0.6 is 27.7 Å². The normalized spacial score (nSPS) is 11.0. The molecule has 2 aromatic carbocycles. The van der Waals surface area contributed by atoms with Gasteiger partial charge in [-0.1, -0.05) is 27.7 Å². The maximum absolute atomic E-state index is 12.3. The first-order chi connectivity index (χ1) is 13.5. The van der Waals surface area contributed by atoms with Gasteiger partial charge in [0.1, 0.15) is 11.4 Å². The van der Waals surface area contributed by atoms with Crippen LogP contribution in [0.5, 0.6) is 0 Å². The number of hydrogen-bond donors (Lipinski definition) is 1. The molecule has 0 aliphatic carbocycles. The van der Waals surface area contributed by atoms with Crippen molar-refractivity contribution >= 4 is 45.1 Å². The van der Waals surface area contributed by atoms with E-state index >= 15 is 0 Å². The number of carbonyl (C=O) groups excluding carboxylic acids is 1. The van der Waals surface area contributed by atoms with Gasteiger partial charge in [-0.2, -0.15) is 14.6 Å². The Labute approximate surface area is 174 Å². The lowest BCUT2D eigenvalue weighted by Crippen LogP contribution is -2.11. The molecule has 0 saturated carbocycles. The van der Waals surface area contributed by atoms with Crippen molar-refractivity contribution in [2.24, 2.45) is 0 Å². The van der Waals surface area contributed by atoms with Gasteiger partial charge in [0.25, 0.3) is 11.7 Å². The Bertz CT molecular complexity index is 1160. The van der Waals surface area contributed by atoms with Gasteiger partial charge in [-0.05, 0) is 62.4 Å². The molecule has 4 rings (SSSR count). The second kappa shape index (κ2) is 7.73. The maximum Gasteiger partial charge on any atom is 0.255 e. The van der Waals surface area contributed by atoms with E-state index in [1.807, 2.05) is 50.2 Å². The van der Waals surface area contributed by atoms with Gasteiger partial charge in [0.05, 0.1) is 0 Å². The lowest BCUT2D eigenvalue weighted by atomic mass is 10.2. The first-order valence-electron chi connectivity index (χ1n) is 8.53. The zero-order chi connectivity index (χ0) is 19.7. The van der Waals surface area contributed by atoms with Gasteiger partial charge < -0.3 is 5.32 Å². The third kappa shape index (κ3) is 3.79. The van der Waals surface area contributed by atoms with E-state index in [0.29, 0.717) is 11.3 Å². The van der Waals surface area contributed by atoms with Gasteiger partial charge in [-0.3, -0.25) is 4.79 Å². The summed E-state index contributed by atoms with van der Waals surface area (Å²) in [6.07, 6.45) is 1.51. The van der Waals surface area contributed by atoms with E-state index in [1.165, 1.54) is 6.33 Å². The molecule has 0 fully saturated rings. The van der Waals surface area contributed by atoms with Gasteiger partial charge in [-0.15, -0.1) is 0 Å². The van der Waals surface area contributed by atoms with Crippen LogP contribution in [0.25, 0.3) is 5.78 Å². The van der Waals surface area contributed by atoms with E-state index in [0.717, 1.165) is 31.3 Å². The Hall–Kier alpha value is -2.71. The Kier molecular flexibility index (Phi) is 5.15. The molecule has 0 aliphatic rings. The maximum atomic E-state index is 12.3. The number of halogens is 1. The molecule has 0 atom stereocenters. The number of amides is 1. The van der Waals surface area contributed by atoms with Crippen LogP contribution in [-0.2, 0) is 0 Å². The molecule has 8 heteroatoms. The van der Waals surface area contributed by atoms with Crippen molar-refractivity contribution in [2.75, 3.05) is 5.32 Å². The van der Waals surface area contributed by atoms with Crippen LogP contribution in [0.1, 0.15) is 21.6 Å². The molecule has 6 nitrogen and oxygen atoms in total. The summed E-state index contributed by atoms with van der Waals surface area (Å²) in [4.78, 5) is 22.0. The molecule has 4 aromatic rings. The number of nitrogens with zero attached hydrogens (tertiary/aromatic N) is 4. The van der Waals surface area contributed by atoms with Gasteiger partial charge in [-0.25, -0.2) is 4.98 Å². The van der Waals surface area contributed by atoms with Crippen LogP contribution in [-0.4, -0.2) is 25.5 Å². The number of aromatic nitrogens is 4. The zero-order valence-corrected chi connectivity index (χ0v) is 17.6. The number of nitrogens with one attached hydrogen (secondary N) is 1. The predicted molar refractivity (Wildman–Crippen MR) is 113 cm³/mol. The molecule has 2 heterocycles. The summed E-state index contributed by atoms with van der Waals surface area (Å²) in [5, 5.41) is 8.17. The number of fused-ring (bicyclic) bond motifs is 1. The van der Waals surface area contributed by atoms with E-state index in [1.54, 1.807) is 28.4 Å². The number of anilines is 1. The van der Waals surface area contributed by atoms with Crippen molar-refractivity contribution < 1.29 is 4.79 Å². The Morgan fingerprint density at radius 2 is 1.79 bits per heavy atom. The van der Waals surface area contributed by atoms with Crippen molar-refractivity contribution in [2.45, 2.75) is 23.8 Å². The van der Waals surface area contributed by atoms with Gasteiger partial charge in [0.2, 0.25) is 0 Å². The quantitative estimate of drug-likeness (QED) is 0.444. The summed E-state index contributed by atoms with van der Waals surface area (Å²) in [5.74, 6) is 0.446. The van der Waals surface area contributed by atoms with Crippen LogP contribution in [0.3, 0.4) is 0 Å². The van der Waals surface area contributed by atoms with Crippen molar-refractivity contribution in [1.82, 2.24) is 19.6 Å². The second-order valence-electron chi connectivity index (χ2n) is 6.19. The number of aryl methyl sites for hydroxylation is 1. The van der Waals surface area contributed by atoms with E-state index in [-0.39, 0.29) is 5.91 Å². The molecule has 140 valence electrons. The lowest BCUT2D eigenvalue weighted by molar-refractivity contribution is 0.102. The summed E-state index contributed by atoms with van der Waals surface area (Å²) < 4.78 is 2.68.